The van der Waals surface area contributed by atoms with Gasteiger partial charge in [-0.15, -0.1) is 0 Å². The van der Waals surface area contributed by atoms with Crippen molar-refractivity contribution in [2.24, 2.45) is 9.98 Å². The number of rotatable bonds is 4. The van der Waals surface area contributed by atoms with Crippen LogP contribution in [0, 0.1) is 0 Å². The molecule has 4 atom stereocenters. The normalized spacial score (nSPS) is 21.5. The van der Waals surface area contributed by atoms with Gasteiger partial charge in [-0.1, -0.05) is 181 Å². The Morgan fingerprint density at radius 3 is 1.28 bits per heavy atom. The molecule has 0 spiro atoms. The molecule has 254 valence electrons. The molecule has 0 N–H and O–H groups in total. The van der Waals surface area contributed by atoms with Crippen molar-refractivity contribution in [2.45, 2.75) is 22.6 Å². The van der Waals surface area contributed by atoms with Crippen LogP contribution in [0.4, 0.5) is 0 Å². The van der Waals surface area contributed by atoms with Gasteiger partial charge in [-0.2, -0.15) is 0 Å². The quantitative estimate of drug-likeness (QED) is 0.169. The van der Waals surface area contributed by atoms with Crippen LogP contribution in [-0.4, -0.2) is 32.7 Å². The molecule has 4 heteroatoms. The van der Waals surface area contributed by atoms with E-state index in [9.17, 15) is 0 Å². The lowest BCUT2D eigenvalue weighted by atomic mass is 9.82. The highest BCUT2D eigenvalue weighted by molar-refractivity contribution is 8.15. The second kappa shape index (κ2) is 11.9. The maximum Gasteiger partial charge on any atom is 0.0997 e. The first-order valence-electron chi connectivity index (χ1n) is 18.7. The smallest absolute Gasteiger partial charge is 0.0997 e. The minimum Gasteiger partial charge on any atom is -0.269 e. The van der Waals surface area contributed by atoms with Gasteiger partial charge in [0.2, 0.25) is 0 Å². The van der Waals surface area contributed by atoms with E-state index >= 15 is 0 Å². The lowest BCUT2D eigenvalue weighted by Crippen LogP contribution is -2.13. The standard InChI is InChI=1S/C50H32N2S2/c1-2-16-31-30(15-1)47(32-17-3-5-19-36(32)49-51-42-23-7-9-25-44(42)53-49)40-27-38-34-21-11-13-29-14-12-22-35(46(29)34)39(38)28-41(40)48(31)33-18-4-6-20-37(33)50-52-43-24-8-10-26-45(43)54-50/h1-28,42-45H. The molecule has 0 radical (unpaired) electrons. The Bertz CT molecular complexity index is 2780. The van der Waals surface area contributed by atoms with Crippen LogP contribution in [0.25, 0.3) is 76.8 Å². The van der Waals surface area contributed by atoms with Crippen molar-refractivity contribution in [3.05, 3.63) is 181 Å². The predicted octanol–water partition coefficient (Wildman–Crippen LogP) is 12.8. The molecule has 0 amide bonds. The third kappa shape index (κ3) is 4.51. The van der Waals surface area contributed by atoms with Crippen LogP contribution in [-0.2, 0) is 0 Å². The van der Waals surface area contributed by atoms with Crippen LogP contribution in [0.15, 0.2) is 180 Å². The summed E-state index contributed by atoms with van der Waals surface area (Å²) >= 11 is 3.77. The second-order valence-electron chi connectivity index (χ2n) is 14.6. The van der Waals surface area contributed by atoms with Crippen LogP contribution < -0.4 is 0 Å². The molecule has 4 unspecified atom stereocenters. The first-order chi connectivity index (χ1) is 26.8. The Balaban J connectivity index is 1.19. The molecule has 12 rings (SSSR count). The van der Waals surface area contributed by atoms with E-state index in [0.717, 1.165) is 10.1 Å². The fourth-order valence-corrected chi connectivity index (χ4v) is 11.7. The Labute approximate surface area is 322 Å². The van der Waals surface area contributed by atoms with Gasteiger partial charge in [-0.3, -0.25) is 9.98 Å². The van der Waals surface area contributed by atoms with Gasteiger partial charge in [0.1, 0.15) is 0 Å². The summed E-state index contributed by atoms with van der Waals surface area (Å²) in [6.45, 7) is 0. The molecule has 2 aliphatic heterocycles. The number of nitrogens with zero attached hydrogens (tertiary/aromatic N) is 2. The van der Waals surface area contributed by atoms with E-state index in [2.05, 4.69) is 170 Å². The van der Waals surface area contributed by atoms with Gasteiger partial charge in [0.25, 0.3) is 0 Å². The zero-order valence-electron chi connectivity index (χ0n) is 29.2. The van der Waals surface area contributed by atoms with Crippen LogP contribution in [0.3, 0.4) is 0 Å². The summed E-state index contributed by atoms with van der Waals surface area (Å²) in [6.07, 6.45) is 17.6. The van der Waals surface area contributed by atoms with Crippen molar-refractivity contribution < 1.29 is 0 Å². The van der Waals surface area contributed by atoms with Gasteiger partial charge in [0.15, 0.2) is 0 Å². The number of hydrogen-bond donors (Lipinski definition) is 0. The van der Waals surface area contributed by atoms with Crippen LogP contribution in [0.5, 0.6) is 0 Å². The van der Waals surface area contributed by atoms with Crippen LogP contribution >= 0.6 is 23.5 Å². The third-order valence-electron chi connectivity index (χ3n) is 11.6. The molecule has 0 bridgehead atoms. The van der Waals surface area contributed by atoms with Crippen LogP contribution in [0.2, 0.25) is 0 Å². The number of benzene rings is 7. The number of allylic oxidation sites excluding steroid dienone is 4. The third-order valence-corrected chi connectivity index (χ3v) is 14.2. The monoisotopic (exact) mass is 724 g/mol. The minimum absolute atomic E-state index is 0.170. The van der Waals surface area contributed by atoms with E-state index in [1.165, 1.54) is 88.0 Å². The highest BCUT2D eigenvalue weighted by Gasteiger charge is 2.33. The first kappa shape index (κ1) is 30.7. The van der Waals surface area contributed by atoms with Crippen molar-refractivity contribution in [3.63, 3.8) is 0 Å². The molecule has 5 aliphatic rings. The summed E-state index contributed by atoms with van der Waals surface area (Å²) in [5.41, 5.74) is 12.6. The summed E-state index contributed by atoms with van der Waals surface area (Å²) in [5.74, 6) is 0. The maximum absolute atomic E-state index is 5.31. The molecular weight excluding hydrogens is 693 g/mol. The van der Waals surface area contributed by atoms with E-state index in [1.54, 1.807) is 0 Å². The van der Waals surface area contributed by atoms with Gasteiger partial charge in [-0.25, -0.2) is 0 Å². The van der Waals surface area contributed by atoms with E-state index in [0.29, 0.717) is 10.5 Å². The number of fused-ring (bicyclic) bond motifs is 7. The summed E-state index contributed by atoms with van der Waals surface area (Å²) in [6, 6.07) is 45.8. The van der Waals surface area contributed by atoms with Crippen LogP contribution in [0.1, 0.15) is 11.1 Å². The lowest BCUT2D eigenvalue weighted by Gasteiger charge is -2.22. The summed E-state index contributed by atoms with van der Waals surface area (Å²) in [7, 11) is 0. The second-order valence-corrected chi connectivity index (χ2v) is 16.9. The van der Waals surface area contributed by atoms with Crippen molar-refractivity contribution in [1.29, 1.82) is 0 Å². The number of aliphatic imine (C=N–C) groups is 2. The van der Waals surface area contributed by atoms with Gasteiger partial charge in [0, 0.05) is 11.1 Å². The van der Waals surface area contributed by atoms with E-state index in [1.807, 2.05) is 23.5 Å². The largest absolute Gasteiger partial charge is 0.269 e. The van der Waals surface area contributed by atoms with E-state index < -0.39 is 0 Å². The Morgan fingerprint density at radius 2 is 0.796 bits per heavy atom. The fraction of sp³-hybridized carbons (Fsp3) is 0.0800. The first-order valence-corrected chi connectivity index (χ1v) is 20.5. The average Bonchev–Trinajstić information content (AvgIpc) is 3.95. The molecule has 3 aliphatic carbocycles. The van der Waals surface area contributed by atoms with Gasteiger partial charge in [0.05, 0.1) is 32.7 Å². The molecule has 2 heterocycles. The molecule has 2 nitrogen and oxygen atoms in total. The molecule has 0 aromatic heterocycles. The SMILES string of the molecule is C1=CC2N=C(c3ccccc3-c3c4ccccc4c(-c4ccccc4C4=NC5C=CC=CC5S4)c4cc5c(cc34)-c3cccc4cccc-5c34)SC2C=C1. The zero-order valence-corrected chi connectivity index (χ0v) is 30.8. The minimum atomic E-state index is 0.170. The Hall–Kier alpha value is -5.68. The molecule has 0 fully saturated rings. The number of hydrogen-bond acceptors (Lipinski definition) is 4. The van der Waals surface area contributed by atoms with Gasteiger partial charge in [-0.05, 0) is 89.0 Å². The highest BCUT2D eigenvalue weighted by Crippen LogP contribution is 2.53. The Morgan fingerprint density at radius 1 is 0.370 bits per heavy atom. The summed E-state index contributed by atoms with van der Waals surface area (Å²) in [5, 5.41) is 10.5. The predicted molar refractivity (Wildman–Crippen MR) is 234 cm³/mol. The maximum atomic E-state index is 5.31. The lowest BCUT2D eigenvalue weighted by molar-refractivity contribution is 0.862. The molecule has 7 aromatic carbocycles. The number of thioether (sulfide) groups is 2. The molecule has 7 aromatic rings. The molecule has 0 saturated heterocycles. The Kier molecular flexibility index (Phi) is 6.78. The molecule has 0 saturated carbocycles. The van der Waals surface area contributed by atoms with Crippen molar-refractivity contribution in [2.75, 3.05) is 0 Å². The van der Waals surface area contributed by atoms with Crippen molar-refractivity contribution >= 4 is 65.9 Å². The van der Waals surface area contributed by atoms with E-state index in [4.69, 9.17) is 9.98 Å². The summed E-state index contributed by atoms with van der Waals surface area (Å²) < 4.78 is 0. The van der Waals surface area contributed by atoms with E-state index in [-0.39, 0.29) is 12.1 Å². The summed E-state index contributed by atoms with van der Waals surface area (Å²) in [4.78, 5) is 10.6. The average molecular weight is 725 g/mol. The topological polar surface area (TPSA) is 24.7 Å². The molecular formula is C50H32N2S2. The van der Waals surface area contributed by atoms with Crippen molar-refractivity contribution in [3.8, 4) is 44.5 Å². The van der Waals surface area contributed by atoms with Crippen molar-refractivity contribution in [1.82, 2.24) is 0 Å². The zero-order chi connectivity index (χ0) is 35.3. The fourth-order valence-electron chi connectivity index (χ4n) is 9.27. The van der Waals surface area contributed by atoms with Gasteiger partial charge < -0.3 is 0 Å². The van der Waals surface area contributed by atoms with Gasteiger partial charge >= 0.3 is 0 Å². The highest BCUT2D eigenvalue weighted by atomic mass is 32.2. The molecule has 54 heavy (non-hydrogen) atoms.